The van der Waals surface area contributed by atoms with Crippen molar-refractivity contribution >= 4 is 22.6 Å². The molecule has 0 amide bonds. The fourth-order valence-corrected chi connectivity index (χ4v) is 3.21. The summed E-state index contributed by atoms with van der Waals surface area (Å²) in [5, 5.41) is 1.98. The molecule has 0 aromatic carbocycles. The molecule has 1 aliphatic carbocycles. The lowest BCUT2D eigenvalue weighted by atomic mass is 10.1. The Kier molecular flexibility index (Phi) is 6.78. The molecule has 0 saturated heterocycles. The van der Waals surface area contributed by atoms with Crippen molar-refractivity contribution in [3.8, 4) is 0 Å². The zero-order chi connectivity index (χ0) is 14.6. The highest BCUT2D eigenvalue weighted by atomic mass is 127. The zero-order valence-corrected chi connectivity index (χ0v) is 13.7. The number of hydrazine groups is 4. The normalized spacial score (nSPS) is 39.2. The van der Waals surface area contributed by atoms with Gasteiger partial charge in [-0.2, -0.15) is 5.53 Å². The smallest absolute Gasteiger partial charge is 0.103 e. The van der Waals surface area contributed by atoms with E-state index < -0.39 is 3.55 Å². The van der Waals surface area contributed by atoms with E-state index >= 15 is 0 Å². The van der Waals surface area contributed by atoms with E-state index in [0.29, 0.717) is 0 Å². The lowest BCUT2D eigenvalue weighted by Gasteiger charge is -2.32. The highest BCUT2D eigenvalue weighted by Crippen LogP contribution is 2.33. The van der Waals surface area contributed by atoms with Gasteiger partial charge in [-0.25, -0.2) is 21.3 Å². The molecule has 5 unspecified atom stereocenters. The van der Waals surface area contributed by atoms with Crippen molar-refractivity contribution in [2.45, 2.75) is 34.6 Å². The summed E-state index contributed by atoms with van der Waals surface area (Å²) in [4.78, 5) is 0. The molecule has 10 heteroatoms. The third kappa shape index (κ3) is 3.72. The van der Waals surface area contributed by atoms with Crippen molar-refractivity contribution < 1.29 is 0 Å². The van der Waals surface area contributed by atoms with Crippen LogP contribution in [-0.2, 0) is 0 Å². The zero-order valence-electron chi connectivity index (χ0n) is 11.6. The first kappa shape index (κ1) is 17.4. The molecule has 11 N–H and O–H groups in total. The minimum absolute atomic E-state index is 0.0484. The monoisotopic (exact) mass is 387 g/mol. The van der Waals surface area contributed by atoms with E-state index in [9.17, 15) is 0 Å². The molecule has 9 nitrogen and oxygen atoms in total. The predicted molar refractivity (Wildman–Crippen MR) is 84.4 cm³/mol. The van der Waals surface area contributed by atoms with Crippen LogP contribution < -0.4 is 44.5 Å². The molecule has 1 rings (SSSR count). The van der Waals surface area contributed by atoms with Crippen LogP contribution in [0.5, 0.6) is 0 Å². The van der Waals surface area contributed by atoms with Gasteiger partial charge in [-0.3, -0.25) is 11.3 Å². The molecule has 114 valence electrons. The fraction of sp³-hybridized carbons (Fsp3) is 1.00. The van der Waals surface area contributed by atoms with Gasteiger partial charge in [0.25, 0.3) is 0 Å². The number of hydrogen-bond acceptors (Lipinski definition) is 9. The second-order valence-electron chi connectivity index (χ2n) is 4.71. The van der Waals surface area contributed by atoms with E-state index in [2.05, 4.69) is 56.8 Å². The van der Waals surface area contributed by atoms with E-state index in [0.717, 1.165) is 6.54 Å². The van der Waals surface area contributed by atoms with Crippen LogP contribution in [0.15, 0.2) is 0 Å². The van der Waals surface area contributed by atoms with Gasteiger partial charge in [0.05, 0.1) is 24.2 Å². The molecule has 5 atom stereocenters. The average molecular weight is 387 g/mol. The number of alkyl halides is 1. The van der Waals surface area contributed by atoms with Crippen molar-refractivity contribution in [3.63, 3.8) is 0 Å². The topological polar surface area (TPSA) is 141 Å². The van der Waals surface area contributed by atoms with Crippen LogP contribution in [0, 0.1) is 0 Å². The van der Waals surface area contributed by atoms with Crippen molar-refractivity contribution in [2.24, 2.45) is 17.3 Å². The van der Waals surface area contributed by atoms with Crippen LogP contribution in [0.4, 0.5) is 0 Å². The molecule has 0 aromatic rings. The van der Waals surface area contributed by atoms with Gasteiger partial charge in [-0.15, -0.1) is 0 Å². The average Bonchev–Trinajstić information content (AvgIpc) is 2.55. The Balaban J connectivity index is 2.89. The molecule has 0 spiro atoms. The summed E-state index contributed by atoms with van der Waals surface area (Å²) in [6.45, 7) is 2.91. The Bertz CT molecular complexity index is 276. The second-order valence-corrected chi connectivity index (χ2v) is 6.58. The standard InChI is InChI=1S/C9H26IN9/c1-4-19(3)17-6-5(16-18-14-2)7(11)9(10,12)8(6)15-13/h5-8,14-18H,4,11-13H2,1-3H3. The second kappa shape index (κ2) is 7.40. The Labute approximate surface area is 127 Å². The summed E-state index contributed by atoms with van der Waals surface area (Å²) in [6, 6.07) is -0.594. The molecule has 1 aliphatic rings. The highest BCUT2D eigenvalue weighted by Gasteiger charge is 2.56. The van der Waals surface area contributed by atoms with Crippen molar-refractivity contribution in [3.05, 3.63) is 0 Å². The highest BCUT2D eigenvalue weighted by molar-refractivity contribution is 14.1. The van der Waals surface area contributed by atoms with Gasteiger partial charge in [0.15, 0.2) is 0 Å². The SMILES string of the molecule is CCN(C)NC1C(NNNC)C(N)C(N)(I)C1NN. The molecule has 19 heavy (non-hydrogen) atoms. The summed E-state index contributed by atoms with van der Waals surface area (Å²) in [5.41, 5.74) is 27.5. The summed E-state index contributed by atoms with van der Waals surface area (Å²) in [5.74, 6) is 5.66. The molecule has 0 bridgehead atoms. The molecular formula is C9H26IN9. The Morgan fingerprint density at radius 1 is 1.37 bits per heavy atom. The van der Waals surface area contributed by atoms with Crippen molar-refractivity contribution in [1.82, 2.24) is 32.2 Å². The van der Waals surface area contributed by atoms with Crippen molar-refractivity contribution in [1.29, 1.82) is 0 Å². The summed E-state index contributed by atoms with van der Waals surface area (Å²) < 4.78 is -0.661. The lowest BCUT2D eigenvalue weighted by molar-refractivity contribution is 0.165. The lowest BCUT2D eigenvalue weighted by Crippen LogP contribution is -2.64. The molecule has 0 heterocycles. The van der Waals surface area contributed by atoms with Crippen LogP contribution >= 0.6 is 22.6 Å². The van der Waals surface area contributed by atoms with E-state index in [1.807, 2.05) is 12.1 Å². The van der Waals surface area contributed by atoms with Gasteiger partial charge in [-0.05, 0) is 7.05 Å². The van der Waals surface area contributed by atoms with Gasteiger partial charge >= 0.3 is 0 Å². The summed E-state index contributed by atoms with van der Waals surface area (Å²) in [6.07, 6.45) is 0. The van der Waals surface area contributed by atoms with E-state index in [4.69, 9.17) is 17.3 Å². The van der Waals surface area contributed by atoms with E-state index in [1.165, 1.54) is 0 Å². The molecular weight excluding hydrogens is 361 g/mol. The maximum absolute atomic E-state index is 6.32. The van der Waals surface area contributed by atoms with Crippen LogP contribution in [-0.4, -0.2) is 53.4 Å². The van der Waals surface area contributed by atoms with Crippen LogP contribution in [0.25, 0.3) is 0 Å². The van der Waals surface area contributed by atoms with Gasteiger partial charge < -0.3 is 11.5 Å². The maximum atomic E-state index is 6.32. The summed E-state index contributed by atoms with van der Waals surface area (Å²) >= 11 is 2.16. The molecule has 0 radical (unpaired) electrons. The van der Waals surface area contributed by atoms with Gasteiger partial charge in [0.1, 0.15) is 3.55 Å². The first-order valence-electron chi connectivity index (χ1n) is 6.24. The number of nitrogens with zero attached hydrogens (tertiary/aromatic N) is 1. The van der Waals surface area contributed by atoms with Crippen LogP contribution in [0.2, 0.25) is 0 Å². The van der Waals surface area contributed by atoms with Gasteiger partial charge in [0, 0.05) is 13.6 Å². The van der Waals surface area contributed by atoms with Gasteiger partial charge in [-0.1, -0.05) is 29.5 Å². The molecule has 0 aliphatic heterocycles. The minimum Gasteiger partial charge on any atom is -0.324 e. The minimum atomic E-state index is -0.661. The Morgan fingerprint density at radius 3 is 2.47 bits per heavy atom. The Hall–Kier alpha value is 0.370. The number of hydrogen-bond donors (Lipinski definition) is 8. The molecule has 1 fully saturated rings. The number of nitrogens with one attached hydrogen (secondary N) is 5. The molecule has 0 aromatic heterocycles. The first-order valence-corrected chi connectivity index (χ1v) is 7.32. The van der Waals surface area contributed by atoms with Gasteiger partial charge in [0.2, 0.25) is 0 Å². The fourth-order valence-electron chi connectivity index (χ4n) is 2.26. The number of halogens is 1. The number of nitrogens with two attached hydrogens (primary N) is 3. The molecule has 1 saturated carbocycles. The predicted octanol–water partition coefficient (Wildman–Crippen LogP) is -3.33. The van der Waals surface area contributed by atoms with Crippen LogP contribution in [0.3, 0.4) is 0 Å². The van der Waals surface area contributed by atoms with Crippen LogP contribution in [0.1, 0.15) is 6.92 Å². The first-order chi connectivity index (χ1) is 8.89. The van der Waals surface area contributed by atoms with Crippen molar-refractivity contribution in [2.75, 3.05) is 20.6 Å². The third-order valence-electron chi connectivity index (χ3n) is 3.51. The Morgan fingerprint density at radius 2 is 2.00 bits per heavy atom. The quantitative estimate of drug-likeness (QED) is 0.0740. The number of rotatable bonds is 7. The largest absolute Gasteiger partial charge is 0.324 e. The van der Waals surface area contributed by atoms with E-state index in [-0.39, 0.29) is 24.2 Å². The van der Waals surface area contributed by atoms with E-state index in [1.54, 1.807) is 7.05 Å². The third-order valence-corrected chi connectivity index (χ3v) is 4.90. The summed E-state index contributed by atoms with van der Waals surface area (Å²) in [7, 11) is 3.73. The maximum Gasteiger partial charge on any atom is 0.103 e.